The Morgan fingerprint density at radius 2 is 2.17 bits per heavy atom. The van der Waals surface area contributed by atoms with Gasteiger partial charge in [-0.3, -0.25) is 4.68 Å². The number of alkyl halides is 3. The molecule has 7 heteroatoms. The molecule has 0 saturated carbocycles. The summed E-state index contributed by atoms with van der Waals surface area (Å²) >= 11 is 1.51. The molecule has 0 fully saturated rings. The molecule has 98 valence electrons. The molecule has 3 nitrogen and oxygen atoms in total. The maximum Gasteiger partial charge on any atom is 0.419 e. The first-order chi connectivity index (χ1) is 8.41. The van der Waals surface area contributed by atoms with Crippen LogP contribution in [0.15, 0.2) is 24.5 Å². The predicted octanol–water partition coefficient (Wildman–Crippen LogP) is 2.82. The lowest BCUT2D eigenvalue weighted by atomic mass is 10.2. The Morgan fingerprint density at radius 1 is 1.44 bits per heavy atom. The van der Waals surface area contributed by atoms with Gasteiger partial charge in [-0.1, -0.05) is 0 Å². The molecule has 0 bridgehead atoms. The Morgan fingerprint density at radius 3 is 2.61 bits per heavy atom. The molecular weight excluding hydrogens is 263 g/mol. The zero-order valence-corrected chi connectivity index (χ0v) is 10.4. The second-order valence-corrected chi connectivity index (χ2v) is 5.23. The van der Waals surface area contributed by atoms with E-state index in [0.717, 1.165) is 22.1 Å². The summed E-state index contributed by atoms with van der Waals surface area (Å²) in [5.41, 5.74) is 4.87. The van der Waals surface area contributed by atoms with Crippen LogP contribution in [0.2, 0.25) is 0 Å². The molecule has 0 spiro atoms. The minimum atomic E-state index is -4.37. The van der Waals surface area contributed by atoms with E-state index in [0.29, 0.717) is 0 Å². The third kappa shape index (κ3) is 2.56. The average Bonchev–Trinajstić information content (AvgIpc) is 2.88. The number of nitrogens with two attached hydrogens (primary N) is 1. The van der Waals surface area contributed by atoms with Crippen molar-refractivity contribution in [1.82, 2.24) is 9.78 Å². The summed E-state index contributed by atoms with van der Waals surface area (Å²) in [6.45, 7) is 2.14. The fourth-order valence-electron chi connectivity index (χ4n) is 1.64. The van der Waals surface area contributed by atoms with Gasteiger partial charge in [0.1, 0.15) is 0 Å². The van der Waals surface area contributed by atoms with Gasteiger partial charge >= 0.3 is 6.18 Å². The summed E-state index contributed by atoms with van der Waals surface area (Å²) in [5, 5.41) is 3.76. The van der Waals surface area contributed by atoms with Crippen LogP contribution in [-0.4, -0.2) is 16.3 Å². The monoisotopic (exact) mass is 275 g/mol. The first-order valence-electron chi connectivity index (χ1n) is 5.29. The molecule has 0 aliphatic carbocycles. The summed E-state index contributed by atoms with van der Waals surface area (Å²) in [5.74, 6) is 0. The van der Waals surface area contributed by atoms with Gasteiger partial charge in [0.25, 0.3) is 0 Å². The fourth-order valence-corrected chi connectivity index (χ4v) is 2.63. The van der Waals surface area contributed by atoms with Crippen molar-refractivity contribution in [3.8, 4) is 0 Å². The van der Waals surface area contributed by atoms with Crippen molar-refractivity contribution in [2.75, 3.05) is 6.54 Å². The molecule has 2 aromatic heterocycles. The Kier molecular flexibility index (Phi) is 3.45. The van der Waals surface area contributed by atoms with Crippen molar-refractivity contribution in [1.29, 1.82) is 0 Å². The van der Waals surface area contributed by atoms with Crippen molar-refractivity contribution in [2.24, 2.45) is 5.73 Å². The van der Waals surface area contributed by atoms with Gasteiger partial charge < -0.3 is 5.73 Å². The van der Waals surface area contributed by atoms with Crippen LogP contribution in [-0.2, 0) is 6.18 Å². The second kappa shape index (κ2) is 4.74. The highest BCUT2D eigenvalue weighted by Gasteiger charge is 2.33. The molecule has 0 radical (unpaired) electrons. The largest absolute Gasteiger partial charge is 0.419 e. The molecule has 0 aliphatic rings. The second-order valence-electron chi connectivity index (χ2n) is 3.91. The molecule has 0 aliphatic heterocycles. The van der Waals surface area contributed by atoms with E-state index in [4.69, 9.17) is 5.73 Å². The molecule has 2 aromatic rings. The maximum absolute atomic E-state index is 12.5. The van der Waals surface area contributed by atoms with Crippen LogP contribution < -0.4 is 5.73 Å². The third-order valence-electron chi connectivity index (χ3n) is 2.56. The fraction of sp³-hybridized carbons (Fsp3) is 0.364. The van der Waals surface area contributed by atoms with Crippen LogP contribution in [0.4, 0.5) is 13.2 Å². The van der Waals surface area contributed by atoms with Gasteiger partial charge in [-0.05, 0) is 19.1 Å². The van der Waals surface area contributed by atoms with Gasteiger partial charge in [-0.15, -0.1) is 11.3 Å². The van der Waals surface area contributed by atoms with Gasteiger partial charge in [-0.2, -0.15) is 18.3 Å². The molecule has 0 aromatic carbocycles. The molecule has 0 saturated heterocycles. The first kappa shape index (κ1) is 13.1. The highest BCUT2D eigenvalue weighted by atomic mass is 32.1. The third-order valence-corrected chi connectivity index (χ3v) is 3.66. The lowest BCUT2D eigenvalue weighted by Gasteiger charge is -2.13. The standard InChI is InChI=1S/C11H12F3N3S/c1-7-2-3-10(18-7)9(4-15)17-6-8(5-16-17)11(12,13)14/h2-3,5-6,9H,4,15H2,1H3. The maximum atomic E-state index is 12.5. The number of aryl methyl sites for hydroxylation is 1. The van der Waals surface area contributed by atoms with Gasteiger partial charge in [0.15, 0.2) is 0 Å². The lowest BCUT2D eigenvalue weighted by molar-refractivity contribution is -0.137. The Bertz CT molecular complexity index is 530. The van der Waals surface area contributed by atoms with Crippen LogP contribution in [0, 0.1) is 6.92 Å². The molecule has 1 atom stereocenters. The summed E-state index contributed by atoms with van der Waals surface area (Å²) in [6, 6.07) is 3.43. The summed E-state index contributed by atoms with van der Waals surface area (Å²) < 4.78 is 38.8. The highest BCUT2D eigenvalue weighted by Crippen LogP contribution is 2.31. The average molecular weight is 275 g/mol. The predicted molar refractivity (Wildman–Crippen MR) is 63.5 cm³/mol. The molecule has 1 unspecified atom stereocenters. The van der Waals surface area contributed by atoms with Crippen LogP contribution in [0.5, 0.6) is 0 Å². The van der Waals surface area contributed by atoms with Gasteiger partial charge in [-0.25, -0.2) is 0 Å². The number of thiophene rings is 1. The van der Waals surface area contributed by atoms with E-state index in [1.807, 2.05) is 19.1 Å². The lowest BCUT2D eigenvalue weighted by Crippen LogP contribution is -2.20. The molecular formula is C11H12F3N3S. The Hall–Kier alpha value is -1.34. The van der Waals surface area contributed by atoms with Crippen molar-refractivity contribution in [3.05, 3.63) is 39.8 Å². The minimum absolute atomic E-state index is 0.207. The number of hydrogen-bond acceptors (Lipinski definition) is 3. The molecule has 2 rings (SSSR count). The number of rotatable bonds is 3. The van der Waals surface area contributed by atoms with E-state index < -0.39 is 11.7 Å². The Labute approximate surface area is 106 Å². The normalized spacial score (nSPS) is 13.8. The van der Waals surface area contributed by atoms with Crippen molar-refractivity contribution in [3.63, 3.8) is 0 Å². The first-order valence-corrected chi connectivity index (χ1v) is 6.11. The summed E-state index contributed by atoms with van der Waals surface area (Å²) in [6.07, 6.45) is -2.56. The quantitative estimate of drug-likeness (QED) is 0.936. The van der Waals surface area contributed by atoms with Gasteiger partial charge in [0, 0.05) is 22.5 Å². The van der Waals surface area contributed by atoms with Crippen LogP contribution in [0.25, 0.3) is 0 Å². The molecule has 0 amide bonds. The SMILES string of the molecule is Cc1ccc(C(CN)n2cc(C(F)(F)F)cn2)s1. The minimum Gasteiger partial charge on any atom is -0.328 e. The molecule has 2 N–H and O–H groups in total. The Balaban J connectivity index is 2.31. The molecule has 2 heterocycles. The van der Waals surface area contributed by atoms with E-state index in [9.17, 15) is 13.2 Å². The number of halogens is 3. The van der Waals surface area contributed by atoms with Crippen molar-refractivity contribution in [2.45, 2.75) is 19.1 Å². The van der Waals surface area contributed by atoms with Crippen molar-refractivity contribution < 1.29 is 13.2 Å². The van der Waals surface area contributed by atoms with E-state index in [-0.39, 0.29) is 12.6 Å². The van der Waals surface area contributed by atoms with Gasteiger partial charge in [0.2, 0.25) is 0 Å². The molecule has 18 heavy (non-hydrogen) atoms. The van der Waals surface area contributed by atoms with Crippen LogP contribution in [0.1, 0.15) is 21.4 Å². The van der Waals surface area contributed by atoms with Crippen LogP contribution in [0.3, 0.4) is 0 Å². The van der Waals surface area contributed by atoms with E-state index >= 15 is 0 Å². The van der Waals surface area contributed by atoms with Crippen molar-refractivity contribution >= 4 is 11.3 Å². The van der Waals surface area contributed by atoms with E-state index in [2.05, 4.69) is 5.10 Å². The van der Waals surface area contributed by atoms with Crippen LogP contribution >= 0.6 is 11.3 Å². The summed E-state index contributed by atoms with van der Waals surface area (Å²) in [7, 11) is 0. The van der Waals surface area contributed by atoms with Gasteiger partial charge in [0.05, 0.1) is 17.8 Å². The van der Waals surface area contributed by atoms with E-state index in [1.165, 1.54) is 16.0 Å². The number of nitrogens with zero attached hydrogens (tertiary/aromatic N) is 2. The zero-order chi connectivity index (χ0) is 13.3. The summed E-state index contributed by atoms with van der Waals surface area (Å²) in [4.78, 5) is 2.00. The van der Waals surface area contributed by atoms with E-state index in [1.54, 1.807) is 0 Å². The smallest absolute Gasteiger partial charge is 0.328 e. The zero-order valence-electron chi connectivity index (χ0n) is 9.61. The number of aromatic nitrogens is 2. The number of hydrogen-bond donors (Lipinski definition) is 1. The topological polar surface area (TPSA) is 43.8 Å². The highest BCUT2D eigenvalue weighted by molar-refractivity contribution is 7.12.